The van der Waals surface area contributed by atoms with E-state index in [-0.39, 0.29) is 34.2 Å². The lowest BCUT2D eigenvalue weighted by Crippen LogP contribution is -2.65. The van der Waals surface area contributed by atoms with E-state index in [1.165, 1.54) is 61.5 Å². The molecule has 0 saturated carbocycles. The first kappa shape index (κ1) is 46.5. The third-order valence-corrected chi connectivity index (χ3v) is 10.8. The average molecular weight is 903 g/mol. The van der Waals surface area contributed by atoms with Crippen LogP contribution in [0.15, 0.2) is 76.0 Å². The molecule has 0 radical (unpaired) electrons. The second kappa shape index (κ2) is 19.3. The fourth-order valence-electron chi connectivity index (χ4n) is 7.28. The third kappa shape index (κ3) is 9.50. The maximum atomic E-state index is 14.4. The number of hydrogen-bond acceptors (Lipinski definition) is 22. The fraction of sp³-hybridized carbons (Fsp3) is 0.429. The van der Waals surface area contributed by atoms with E-state index in [0.29, 0.717) is 5.56 Å². The van der Waals surface area contributed by atoms with Gasteiger partial charge in [-0.25, -0.2) is 4.79 Å². The Morgan fingerprint density at radius 2 is 1.28 bits per heavy atom. The summed E-state index contributed by atoms with van der Waals surface area (Å²) in [7, 11) is 0. The van der Waals surface area contributed by atoms with Crippen LogP contribution in [-0.2, 0) is 28.5 Å². The van der Waals surface area contributed by atoms with Crippen molar-refractivity contribution in [3.63, 3.8) is 0 Å². The Morgan fingerprint density at radius 3 is 1.94 bits per heavy atom. The summed E-state index contributed by atoms with van der Waals surface area (Å²) in [4.78, 5) is 27.1. The predicted octanol–water partition coefficient (Wildman–Crippen LogP) is -1.95. The van der Waals surface area contributed by atoms with Crippen LogP contribution in [0.4, 0.5) is 0 Å². The molecule has 0 bridgehead atoms. The van der Waals surface area contributed by atoms with Gasteiger partial charge in [-0.1, -0.05) is 12.1 Å². The van der Waals surface area contributed by atoms with Gasteiger partial charge >= 0.3 is 5.97 Å². The Bertz CT molecular complexity index is 2330. The molecule has 4 heterocycles. The van der Waals surface area contributed by atoms with E-state index in [1.54, 1.807) is 0 Å². The zero-order valence-corrected chi connectivity index (χ0v) is 33.5. The Labute approximate surface area is 361 Å². The number of phenolic OH excluding ortho intramolecular Hbond substituents is 3. The Kier molecular flexibility index (Phi) is 14.1. The number of fused-ring (bicyclic) bond motifs is 1. The van der Waals surface area contributed by atoms with Crippen molar-refractivity contribution in [2.24, 2.45) is 0 Å². The lowest BCUT2D eigenvalue weighted by molar-refractivity contribution is -0.355. The molecule has 22 heteroatoms. The largest absolute Gasteiger partial charge is 0.508 e. The first-order valence-electron chi connectivity index (χ1n) is 19.7. The highest BCUT2D eigenvalue weighted by molar-refractivity contribution is 5.88. The van der Waals surface area contributed by atoms with E-state index >= 15 is 0 Å². The van der Waals surface area contributed by atoms with Gasteiger partial charge in [0.2, 0.25) is 23.8 Å². The van der Waals surface area contributed by atoms with Gasteiger partial charge in [0.25, 0.3) is 0 Å². The zero-order chi connectivity index (χ0) is 46.1. The number of aromatic hydroxyl groups is 3. The van der Waals surface area contributed by atoms with Gasteiger partial charge in [-0.3, -0.25) is 4.79 Å². The van der Waals surface area contributed by atoms with Gasteiger partial charge < -0.3 is 98.9 Å². The highest BCUT2D eigenvalue weighted by Crippen LogP contribution is 2.39. The number of carbonyl (C=O) groups excluding carboxylic acids is 1. The molecular formula is C42H46O22. The van der Waals surface area contributed by atoms with Crippen LogP contribution >= 0.6 is 0 Å². The first-order valence-corrected chi connectivity index (χ1v) is 19.7. The van der Waals surface area contributed by atoms with E-state index < -0.39 is 134 Å². The van der Waals surface area contributed by atoms with Gasteiger partial charge in [0, 0.05) is 23.8 Å². The highest BCUT2D eigenvalue weighted by Gasteiger charge is 2.52. The van der Waals surface area contributed by atoms with E-state index in [1.807, 2.05) is 0 Å². The van der Waals surface area contributed by atoms with E-state index in [2.05, 4.69) is 0 Å². The number of phenols is 3. The van der Waals surface area contributed by atoms with Crippen LogP contribution in [0.25, 0.3) is 28.4 Å². The quantitative estimate of drug-likeness (QED) is 0.0543. The van der Waals surface area contributed by atoms with Crippen molar-refractivity contribution in [3.8, 4) is 40.1 Å². The summed E-state index contributed by atoms with van der Waals surface area (Å²) in [5.74, 6) is -3.31. The maximum Gasteiger partial charge on any atom is 0.331 e. The summed E-state index contributed by atoms with van der Waals surface area (Å²) >= 11 is 0. The number of hydrogen-bond donors (Lipinski definition) is 12. The summed E-state index contributed by atoms with van der Waals surface area (Å²) in [5, 5.41) is 125. The Hall–Kier alpha value is -5.44. The topological polar surface area (TPSA) is 355 Å². The second-order valence-corrected chi connectivity index (χ2v) is 15.2. The predicted molar refractivity (Wildman–Crippen MR) is 212 cm³/mol. The fourth-order valence-corrected chi connectivity index (χ4v) is 7.28. The second-order valence-electron chi connectivity index (χ2n) is 15.2. The minimum Gasteiger partial charge on any atom is -0.508 e. The molecular weight excluding hydrogens is 856 g/mol. The molecule has 3 aliphatic rings. The minimum atomic E-state index is -2.05. The highest BCUT2D eigenvalue weighted by atomic mass is 16.8. The van der Waals surface area contributed by atoms with Crippen molar-refractivity contribution in [2.75, 3.05) is 13.2 Å². The standard InChI is InChI=1S/C42H46O22/c1-16-28(49)32(53)39(64-41-35(56)33(54)37(25(15-44)61-41)62-26(48)11-4-17-2-7-19(45)8-3-17)42(57-16)63-38-30(51)27-22(47)12-21(58-40-34(55)31(52)29(50)24(14-43)60-40)13-23(27)59-36(38)18-5-9-20(46)10-6-18/h2-13,16,24-25,28-29,31-35,37,39-47,49-50,52-56H,14-15H2,1H3/b11-4+/t16?,24?,25?,28-,29+,31-,32?,33+,34?,35?,37+,39-,40+,41-,42-/m0/s1. The Balaban J connectivity index is 1.18. The van der Waals surface area contributed by atoms with Crippen molar-refractivity contribution in [1.29, 1.82) is 0 Å². The average Bonchev–Trinajstić information content (AvgIpc) is 3.27. The van der Waals surface area contributed by atoms with Gasteiger partial charge in [-0.2, -0.15) is 0 Å². The molecule has 4 aromatic rings. The van der Waals surface area contributed by atoms with Crippen LogP contribution in [0.2, 0.25) is 0 Å². The minimum absolute atomic E-state index is 0.00649. The molecule has 3 saturated heterocycles. The summed E-state index contributed by atoms with van der Waals surface area (Å²) in [5.41, 5.74) is -0.820. The molecule has 0 amide bonds. The first-order chi connectivity index (χ1) is 30.5. The van der Waals surface area contributed by atoms with Crippen LogP contribution < -0.4 is 14.9 Å². The van der Waals surface area contributed by atoms with Gasteiger partial charge in [0.1, 0.15) is 88.9 Å². The maximum absolute atomic E-state index is 14.4. The van der Waals surface area contributed by atoms with Gasteiger partial charge in [0.05, 0.1) is 19.3 Å². The number of aliphatic hydroxyl groups is 9. The van der Waals surface area contributed by atoms with E-state index in [0.717, 1.165) is 18.2 Å². The van der Waals surface area contributed by atoms with Gasteiger partial charge in [-0.05, 0) is 55.0 Å². The van der Waals surface area contributed by atoms with Crippen molar-refractivity contribution in [2.45, 2.75) is 99.0 Å². The van der Waals surface area contributed by atoms with Crippen LogP contribution in [0.1, 0.15) is 12.5 Å². The molecule has 3 aromatic carbocycles. The number of ether oxygens (including phenoxy) is 7. The molecule has 6 unspecified atom stereocenters. The molecule has 3 aliphatic heterocycles. The lowest BCUT2D eigenvalue weighted by Gasteiger charge is -2.46. The van der Waals surface area contributed by atoms with E-state index in [9.17, 15) is 70.9 Å². The third-order valence-electron chi connectivity index (χ3n) is 10.8. The normalized spacial score (nSPS) is 33.2. The van der Waals surface area contributed by atoms with Crippen LogP contribution in [0.5, 0.6) is 28.7 Å². The van der Waals surface area contributed by atoms with Crippen molar-refractivity contribution >= 4 is 23.0 Å². The van der Waals surface area contributed by atoms with Crippen molar-refractivity contribution < 1.29 is 104 Å². The monoisotopic (exact) mass is 902 g/mol. The SMILES string of the molecule is CC1O[C@@H](Oc2c(-c3ccc(O)cc3)oc3cc(O[C@@H]4OC(CO)[C@@H](O)[C@H](O)C4O)cc(O)c3c2=O)[C@@H](O[C@@H]2OC(CO)[C@@H](OC(=O)/C=C/c3ccc(O)cc3)[C@H](O)C2O)C(O)[C@H]1O. The molecule has 1 aromatic heterocycles. The zero-order valence-electron chi connectivity index (χ0n) is 33.5. The Morgan fingerprint density at radius 1 is 0.672 bits per heavy atom. The molecule has 64 heavy (non-hydrogen) atoms. The molecule has 3 fully saturated rings. The van der Waals surface area contributed by atoms with Gasteiger partial charge in [-0.15, -0.1) is 0 Å². The van der Waals surface area contributed by atoms with Crippen LogP contribution in [0.3, 0.4) is 0 Å². The molecule has 15 atom stereocenters. The lowest BCUT2D eigenvalue weighted by atomic mass is 9.97. The number of rotatable bonds is 12. The molecule has 0 spiro atoms. The molecule has 0 aliphatic carbocycles. The summed E-state index contributed by atoms with van der Waals surface area (Å²) in [6.45, 7) is -0.300. The number of aliphatic hydroxyl groups excluding tert-OH is 9. The number of esters is 1. The number of benzene rings is 3. The summed E-state index contributed by atoms with van der Waals surface area (Å²) < 4.78 is 45.9. The van der Waals surface area contributed by atoms with Crippen molar-refractivity contribution in [3.05, 3.63) is 82.5 Å². The van der Waals surface area contributed by atoms with Gasteiger partial charge in [0.15, 0.2) is 24.3 Å². The molecule has 12 N–H and O–H groups in total. The van der Waals surface area contributed by atoms with Crippen molar-refractivity contribution in [1.82, 2.24) is 0 Å². The molecule has 22 nitrogen and oxygen atoms in total. The smallest absolute Gasteiger partial charge is 0.331 e. The molecule has 346 valence electrons. The van der Waals surface area contributed by atoms with Crippen LogP contribution in [0, 0.1) is 0 Å². The van der Waals surface area contributed by atoms with Crippen LogP contribution in [-0.4, -0.2) is 173 Å². The summed E-state index contributed by atoms with van der Waals surface area (Å²) in [6, 6.07) is 13.0. The van der Waals surface area contributed by atoms with E-state index in [4.69, 9.17) is 37.6 Å². The molecule has 7 rings (SSSR count). The summed E-state index contributed by atoms with van der Waals surface area (Å²) in [6.07, 6.45) is -23.8. The number of carbonyl (C=O) groups is 1.